The Balaban J connectivity index is 1.36. The van der Waals surface area contributed by atoms with Crippen LogP contribution in [0.4, 0.5) is 21.9 Å². The van der Waals surface area contributed by atoms with Crippen LogP contribution in [-0.4, -0.2) is 39.9 Å². The van der Waals surface area contributed by atoms with E-state index in [1.807, 2.05) is 36.4 Å². The summed E-state index contributed by atoms with van der Waals surface area (Å²) in [7, 11) is 0. The van der Waals surface area contributed by atoms with E-state index in [2.05, 4.69) is 25.9 Å². The fourth-order valence-electron chi connectivity index (χ4n) is 5.13. The summed E-state index contributed by atoms with van der Waals surface area (Å²) in [4.78, 5) is 50.0. The normalized spacial score (nSPS) is 18.5. The molecule has 1 aromatic carbocycles. The summed E-state index contributed by atoms with van der Waals surface area (Å²) in [5.41, 5.74) is 3.47. The third-order valence-electron chi connectivity index (χ3n) is 6.74. The molecule has 2 aliphatic rings. The Kier molecular flexibility index (Phi) is 5.80. The van der Waals surface area contributed by atoms with Gasteiger partial charge in [0.15, 0.2) is 0 Å². The van der Waals surface area contributed by atoms with Gasteiger partial charge in [0.05, 0.1) is 28.1 Å². The van der Waals surface area contributed by atoms with Crippen molar-refractivity contribution in [1.29, 1.82) is 0 Å². The van der Waals surface area contributed by atoms with E-state index in [0.717, 1.165) is 35.9 Å². The van der Waals surface area contributed by atoms with Crippen LogP contribution in [0.3, 0.4) is 0 Å². The highest BCUT2D eigenvalue weighted by Crippen LogP contribution is 2.46. The predicted octanol–water partition coefficient (Wildman–Crippen LogP) is 4.83. The average molecular weight is 513 g/mol. The molecule has 4 amide bonds. The first kappa shape index (κ1) is 23.1. The van der Waals surface area contributed by atoms with E-state index in [1.165, 1.54) is 18.3 Å². The van der Waals surface area contributed by atoms with Crippen molar-refractivity contribution in [2.75, 3.05) is 10.2 Å². The standard InChI is InChI=1S/C27H24N6O3S/c1-15(34)30-18-8-5-9-19(18)31-25(35)24-23-22-21(11-13-29-26(22)37-24)33(27(36)32-23)17-10-12-28-20(14-17)16-6-3-2-4-7-16/h2-4,6-7,10-14,18-19H,5,8-9H2,1H3,(H,30,34)(H,31,35)(H,32,36)/t18-,19+/m0/s1. The zero-order valence-corrected chi connectivity index (χ0v) is 20.8. The van der Waals surface area contributed by atoms with Crippen molar-refractivity contribution in [3.8, 4) is 11.3 Å². The zero-order valence-electron chi connectivity index (χ0n) is 20.0. The molecule has 186 valence electrons. The molecule has 1 aliphatic heterocycles. The molecular formula is C27H24N6O3S. The number of anilines is 3. The molecule has 4 aromatic rings. The van der Waals surface area contributed by atoms with Crippen LogP contribution in [0.2, 0.25) is 0 Å². The number of carbonyl (C=O) groups excluding carboxylic acids is 3. The second kappa shape index (κ2) is 9.29. The lowest BCUT2D eigenvalue weighted by Gasteiger charge is -2.28. The van der Waals surface area contributed by atoms with Gasteiger partial charge in [-0.3, -0.25) is 19.5 Å². The third kappa shape index (κ3) is 4.19. The van der Waals surface area contributed by atoms with Gasteiger partial charge in [0, 0.05) is 37.0 Å². The predicted molar refractivity (Wildman–Crippen MR) is 143 cm³/mol. The number of nitrogens with zero attached hydrogens (tertiary/aromatic N) is 3. The van der Waals surface area contributed by atoms with Crippen LogP contribution in [-0.2, 0) is 4.79 Å². The quantitative estimate of drug-likeness (QED) is 0.354. The van der Waals surface area contributed by atoms with Crippen molar-refractivity contribution in [3.05, 3.63) is 65.8 Å². The van der Waals surface area contributed by atoms with Gasteiger partial charge in [0.25, 0.3) is 5.91 Å². The van der Waals surface area contributed by atoms with Gasteiger partial charge in [-0.15, -0.1) is 11.3 Å². The summed E-state index contributed by atoms with van der Waals surface area (Å²) in [6.07, 6.45) is 5.85. The topological polar surface area (TPSA) is 116 Å². The largest absolute Gasteiger partial charge is 0.352 e. The van der Waals surface area contributed by atoms with E-state index in [-0.39, 0.29) is 29.9 Å². The maximum atomic E-state index is 13.4. The summed E-state index contributed by atoms with van der Waals surface area (Å²) in [5.74, 6) is -0.397. The van der Waals surface area contributed by atoms with Crippen LogP contribution in [0, 0.1) is 0 Å². The summed E-state index contributed by atoms with van der Waals surface area (Å²) in [6, 6.07) is 14.6. The van der Waals surface area contributed by atoms with Crippen molar-refractivity contribution in [2.24, 2.45) is 0 Å². The number of thiophene rings is 1. The molecule has 0 saturated heterocycles. The van der Waals surface area contributed by atoms with Gasteiger partial charge in [-0.05, 0) is 37.5 Å². The van der Waals surface area contributed by atoms with Crippen LogP contribution in [0.15, 0.2) is 60.9 Å². The Labute approximate surface area is 216 Å². The Hall–Kier alpha value is -4.31. The molecule has 0 unspecified atom stereocenters. The van der Waals surface area contributed by atoms with Gasteiger partial charge in [-0.2, -0.15) is 0 Å². The highest BCUT2D eigenvalue weighted by atomic mass is 32.1. The first-order valence-corrected chi connectivity index (χ1v) is 12.9. The SMILES string of the molecule is CC(=O)N[C@H]1CCC[C@H]1NC(=O)c1sc2nccc3c2c1NC(=O)N3c1ccnc(-c2ccccc2)c1. The minimum atomic E-state index is -0.366. The smallest absolute Gasteiger partial charge is 0.331 e. The molecule has 0 radical (unpaired) electrons. The number of carbonyl (C=O) groups is 3. The second-order valence-electron chi connectivity index (χ2n) is 9.17. The van der Waals surface area contributed by atoms with Crippen molar-refractivity contribution in [1.82, 2.24) is 20.6 Å². The molecule has 4 heterocycles. The van der Waals surface area contributed by atoms with Crippen molar-refractivity contribution in [3.63, 3.8) is 0 Å². The molecule has 6 rings (SSSR count). The molecule has 10 heteroatoms. The Morgan fingerprint density at radius 2 is 1.78 bits per heavy atom. The van der Waals surface area contributed by atoms with E-state index >= 15 is 0 Å². The molecule has 1 aliphatic carbocycles. The average Bonchev–Trinajstić information content (AvgIpc) is 3.49. The minimum absolute atomic E-state index is 0.101. The molecule has 2 atom stereocenters. The summed E-state index contributed by atoms with van der Waals surface area (Å²) in [6.45, 7) is 1.48. The van der Waals surface area contributed by atoms with Crippen LogP contribution in [0.1, 0.15) is 35.9 Å². The number of benzene rings is 1. The van der Waals surface area contributed by atoms with Crippen LogP contribution < -0.4 is 20.9 Å². The highest BCUT2D eigenvalue weighted by Gasteiger charge is 2.35. The fraction of sp³-hybridized carbons (Fsp3) is 0.222. The minimum Gasteiger partial charge on any atom is -0.352 e. The van der Waals surface area contributed by atoms with Crippen molar-refractivity contribution < 1.29 is 14.4 Å². The number of aromatic nitrogens is 2. The molecule has 0 spiro atoms. The number of rotatable bonds is 5. The number of urea groups is 1. The Bertz CT molecular complexity index is 1540. The number of amides is 4. The van der Waals surface area contributed by atoms with E-state index in [4.69, 9.17) is 0 Å². The maximum absolute atomic E-state index is 13.4. The van der Waals surface area contributed by atoms with Crippen LogP contribution in [0.25, 0.3) is 21.5 Å². The number of hydrogen-bond donors (Lipinski definition) is 3. The van der Waals surface area contributed by atoms with Gasteiger partial charge in [-0.1, -0.05) is 30.3 Å². The number of hydrogen-bond acceptors (Lipinski definition) is 6. The molecule has 9 nitrogen and oxygen atoms in total. The molecule has 0 bridgehead atoms. The van der Waals surface area contributed by atoms with Gasteiger partial charge in [-0.25, -0.2) is 9.78 Å². The number of nitrogens with one attached hydrogen (secondary N) is 3. The van der Waals surface area contributed by atoms with Gasteiger partial charge in [0.1, 0.15) is 9.71 Å². The lowest BCUT2D eigenvalue weighted by atomic mass is 10.1. The Morgan fingerprint density at radius 1 is 1.03 bits per heavy atom. The van der Waals surface area contributed by atoms with Crippen LogP contribution >= 0.6 is 11.3 Å². The highest BCUT2D eigenvalue weighted by molar-refractivity contribution is 7.21. The monoisotopic (exact) mass is 512 g/mol. The first-order valence-electron chi connectivity index (χ1n) is 12.1. The summed E-state index contributed by atoms with van der Waals surface area (Å²) in [5, 5.41) is 9.65. The summed E-state index contributed by atoms with van der Waals surface area (Å²) < 4.78 is 0. The van der Waals surface area contributed by atoms with Gasteiger partial charge >= 0.3 is 6.03 Å². The fourth-order valence-corrected chi connectivity index (χ4v) is 6.15. The van der Waals surface area contributed by atoms with E-state index < -0.39 is 0 Å². The molecule has 37 heavy (non-hydrogen) atoms. The molecule has 1 saturated carbocycles. The first-order chi connectivity index (χ1) is 18.0. The molecule has 3 aromatic heterocycles. The Morgan fingerprint density at radius 3 is 2.57 bits per heavy atom. The molecule has 3 N–H and O–H groups in total. The van der Waals surface area contributed by atoms with E-state index in [0.29, 0.717) is 26.8 Å². The second-order valence-corrected chi connectivity index (χ2v) is 10.2. The summed E-state index contributed by atoms with van der Waals surface area (Å²) >= 11 is 1.24. The van der Waals surface area contributed by atoms with Gasteiger partial charge < -0.3 is 16.0 Å². The zero-order chi connectivity index (χ0) is 25.5. The van der Waals surface area contributed by atoms with Crippen molar-refractivity contribution >= 4 is 56.5 Å². The van der Waals surface area contributed by atoms with E-state index in [1.54, 1.807) is 29.4 Å². The number of pyridine rings is 2. The third-order valence-corrected chi connectivity index (χ3v) is 7.84. The molecular weight excluding hydrogens is 488 g/mol. The lowest BCUT2D eigenvalue weighted by molar-refractivity contribution is -0.119. The van der Waals surface area contributed by atoms with Crippen LogP contribution in [0.5, 0.6) is 0 Å². The lowest BCUT2D eigenvalue weighted by Crippen LogP contribution is -2.48. The van der Waals surface area contributed by atoms with Crippen molar-refractivity contribution in [2.45, 2.75) is 38.3 Å². The maximum Gasteiger partial charge on any atom is 0.331 e. The van der Waals surface area contributed by atoms with Gasteiger partial charge in [0.2, 0.25) is 5.91 Å². The molecule has 1 fully saturated rings. The van der Waals surface area contributed by atoms with E-state index in [9.17, 15) is 14.4 Å².